The monoisotopic (exact) mass is 338 g/mol. The van der Waals surface area contributed by atoms with Gasteiger partial charge in [0, 0.05) is 25.3 Å². The fourth-order valence-electron chi connectivity index (χ4n) is 3.13. The third-order valence-electron chi connectivity index (χ3n) is 4.70. The van der Waals surface area contributed by atoms with E-state index in [-0.39, 0.29) is 5.69 Å². The van der Waals surface area contributed by atoms with Crippen molar-refractivity contribution in [3.05, 3.63) is 64.7 Å². The van der Waals surface area contributed by atoms with E-state index in [0.717, 1.165) is 18.8 Å². The zero-order valence-electron chi connectivity index (χ0n) is 14.3. The Morgan fingerprint density at radius 3 is 2.68 bits per heavy atom. The summed E-state index contributed by atoms with van der Waals surface area (Å²) in [4.78, 5) is 14.8. The van der Waals surface area contributed by atoms with Crippen LogP contribution in [0.5, 0.6) is 5.75 Å². The van der Waals surface area contributed by atoms with Crippen LogP contribution in [0.15, 0.2) is 53.5 Å². The van der Waals surface area contributed by atoms with Gasteiger partial charge < -0.3 is 4.74 Å². The lowest BCUT2D eigenvalue weighted by Crippen LogP contribution is -2.32. The maximum absolute atomic E-state index is 12.4. The van der Waals surface area contributed by atoms with E-state index < -0.39 is 0 Å². The first kappa shape index (κ1) is 15.9. The van der Waals surface area contributed by atoms with Crippen molar-refractivity contribution < 1.29 is 4.74 Å². The molecule has 1 aliphatic rings. The molecular formula is C19H22N4O2. The van der Waals surface area contributed by atoms with Gasteiger partial charge in [-0.25, -0.2) is 9.48 Å². The zero-order valence-corrected chi connectivity index (χ0v) is 14.3. The number of aromatic nitrogens is 3. The van der Waals surface area contributed by atoms with Gasteiger partial charge in [-0.2, -0.15) is 0 Å². The highest BCUT2D eigenvalue weighted by Crippen LogP contribution is 2.28. The molecule has 4 rings (SSSR count). The summed E-state index contributed by atoms with van der Waals surface area (Å²) in [5.41, 5.74) is 1.88. The predicted octanol–water partition coefficient (Wildman–Crippen LogP) is 2.17. The standard InChI is InChI=1S/C19H22N4O2/c1-25-17-9-5-15(6-10-17)14-21(16-7-8-16)12-13-23-19(24)22-11-3-2-4-18(22)20-23/h2-6,9-11,16H,7-8,12-14H2,1H3. The Kier molecular flexibility index (Phi) is 4.28. The molecule has 0 spiro atoms. The van der Waals surface area contributed by atoms with Crippen LogP contribution in [0, 0.1) is 0 Å². The van der Waals surface area contributed by atoms with E-state index in [2.05, 4.69) is 22.1 Å². The van der Waals surface area contributed by atoms with Crippen LogP contribution in [0.25, 0.3) is 5.65 Å². The van der Waals surface area contributed by atoms with Crippen molar-refractivity contribution in [1.29, 1.82) is 0 Å². The van der Waals surface area contributed by atoms with Gasteiger partial charge in [-0.15, -0.1) is 5.10 Å². The molecule has 6 nitrogen and oxygen atoms in total. The van der Waals surface area contributed by atoms with Gasteiger partial charge >= 0.3 is 5.69 Å². The highest BCUT2D eigenvalue weighted by Gasteiger charge is 2.28. The number of nitrogens with zero attached hydrogens (tertiary/aromatic N) is 4. The average molecular weight is 338 g/mol. The molecule has 0 atom stereocenters. The smallest absolute Gasteiger partial charge is 0.350 e. The van der Waals surface area contributed by atoms with Gasteiger partial charge in [0.15, 0.2) is 5.65 Å². The van der Waals surface area contributed by atoms with Gasteiger partial charge in [0.05, 0.1) is 13.7 Å². The van der Waals surface area contributed by atoms with Gasteiger partial charge in [0.25, 0.3) is 0 Å². The van der Waals surface area contributed by atoms with E-state index in [1.54, 1.807) is 22.4 Å². The van der Waals surface area contributed by atoms with Crippen LogP contribution in [0.4, 0.5) is 0 Å². The molecule has 1 aliphatic carbocycles. The fourth-order valence-corrected chi connectivity index (χ4v) is 3.13. The van der Waals surface area contributed by atoms with Crippen LogP contribution in [0.1, 0.15) is 18.4 Å². The van der Waals surface area contributed by atoms with E-state index >= 15 is 0 Å². The molecule has 0 N–H and O–H groups in total. The minimum Gasteiger partial charge on any atom is -0.497 e. The van der Waals surface area contributed by atoms with Gasteiger partial charge in [-0.1, -0.05) is 18.2 Å². The minimum absolute atomic E-state index is 0.0733. The summed E-state index contributed by atoms with van der Waals surface area (Å²) in [6, 6.07) is 14.4. The SMILES string of the molecule is COc1ccc(CN(CCn2nc3ccccn3c2=O)C2CC2)cc1. The first-order valence-electron chi connectivity index (χ1n) is 8.66. The Morgan fingerprint density at radius 2 is 2.00 bits per heavy atom. The molecule has 2 aromatic heterocycles. The Balaban J connectivity index is 1.46. The van der Waals surface area contributed by atoms with Crippen molar-refractivity contribution in [1.82, 2.24) is 19.1 Å². The summed E-state index contributed by atoms with van der Waals surface area (Å²) < 4.78 is 8.38. The van der Waals surface area contributed by atoms with E-state index in [1.165, 1.54) is 18.4 Å². The van der Waals surface area contributed by atoms with Gasteiger partial charge in [0.2, 0.25) is 0 Å². The summed E-state index contributed by atoms with van der Waals surface area (Å²) in [5, 5.41) is 4.42. The van der Waals surface area contributed by atoms with E-state index in [9.17, 15) is 4.79 Å². The Morgan fingerprint density at radius 1 is 1.20 bits per heavy atom. The van der Waals surface area contributed by atoms with Crippen LogP contribution >= 0.6 is 0 Å². The van der Waals surface area contributed by atoms with Crippen molar-refractivity contribution in [2.75, 3.05) is 13.7 Å². The Hall–Kier alpha value is -2.60. The molecular weight excluding hydrogens is 316 g/mol. The zero-order chi connectivity index (χ0) is 17.2. The maximum Gasteiger partial charge on any atom is 0.350 e. The average Bonchev–Trinajstić information content (AvgIpc) is 3.44. The molecule has 0 saturated heterocycles. The molecule has 3 aromatic rings. The van der Waals surface area contributed by atoms with Crippen LogP contribution in [-0.2, 0) is 13.1 Å². The summed E-state index contributed by atoms with van der Waals surface area (Å²) in [6.45, 7) is 2.31. The lowest BCUT2D eigenvalue weighted by Gasteiger charge is -2.21. The van der Waals surface area contributed by atoms with Crippen molar-refractivity contribution in [2.45, 2.75) is 32.0 Å². The molecule has 0 radical (unpaired) electrons. The van der Waals surface area contributed by atoms with Crippen molar-refractivity contribution in [3.63, 3.8) is 0 Å². The summed E-state index contributed by atoms with van der Waals surface area (Å²) in [6.07, 6.45) is 4.23. The topological polar surface area (TPSA) is 51.8 Å². The quantitative estimate of drug-likeness (QED) is 0.662. The molecule has 25 heavy (non-hydrogen) atoms. The van der Waals surface area contributed by atoms with Crippen molar-refractivity contribution >= 4 is 5.65 Å². The highest BCUT2D eigenvalue weighted by molar-refractivity contribution is 5.35. The summed E-state index contributed by atoms with van der Waals surface area (Å²) in [7, 11) is 1.68. The van der Waals surface area contributed by atoms with Crippen LogP contribution < -0.4 is 10.4 Å². The second-order valence-electron chi connectivity index (χ2n) is 6.48. The molecule has 0 bridgehead atoms. The van der Waals surface area contributed by atoms with E-state index in [0.29, 0.717) is 18.2 Å². The Labute approximate surface area is 146 Å². The molecule has 2 heterocycles. The largest absolute Gasteiger partial charge is 0.497 e. The number of hydrogen-bond donors (Lipinski definition) is 0. The maximum atomic E-state index is 12.4. The van der Waals surface area contributed by atoms with Gasteiger partial charge in [0.1, 0.15) is 5.75 Å². The molecule has 6 heteroatoms. The molecule has 0 unspecified atom stereocenters. The second kappa shape index (κ2) is 6.72. The minimum atomic E-state index is -0.0733. The summed E-state index contributed by atoms with van der Waals surface area (Å²) in [5.74, 6) is 0.873. The normalized spacial score (nSPS) is 14.3. The molecule has 130 valence electrons. The van der Waals surface area contributed by atoms with Crippen molar-refractivity contribution in [2.24, 2.45) is 0 Å². The second-order valence-corrected chi connectivity index (χ2v) is 6.48. The molecule has 1 fully saturated rings. The number of benzene rings is 1. The predicted molar refractivity (Wildman–Crippen MR) is 95.9 cm³/mol. The number of fused-ring (bicyclic) bond motifs is 1. The number of pyridine rings is 1. The van der Waals surface area contributed by atoms with Gasteiger partial charge in [-0.05, 0) is 42.7 Å². The summed E-state index contributed by atoms with van der Waals surface area (Å²) >= 11 is 0. The van der Waals surface area contributed by atoms with Crippen molar-refractivity contribution in [3.8, 4) is 5.75 Å². The molecule has 1 saturated carbocycles. The highest BCUT2D eigenvalue weighted by atomic mass is 16.5. The van der Waals surface area contributed by atoms with E-state index in [4.69, 9.17) is 4.74 Å². The molecule has 0 aliphatic heterocycles. The number of hydrogen-bond acceptors (Lipinski definition) is 4. The third kappa shape index (κ3) is 3.44. The van der Waals surface area contributed by atoms with Crippen LogP contribution in [-0.4, -0.2) is 38.8 Å². The molecule has 1 aromatic carbocycles. The molecule has 0 amide bonds. The lowest BCUT2D eigenvalue weighted by atomic mass is 10.2. The third-order valence-corrected chi connectivity index (χ3v) is 4.70. The van der Waals surface area contributed by atoms with Crippen LogP contribution in [0.3, 0.4) is 0 Å². The lowest BCUT2D eigenvalue weighted by molar-refractivity contribution is 0.239. The van der Waals surface area contributed by atoms with E-state index in [1.807, 2.05) is 30.3 Å². The first-order chi connectivity index (χ1) is 12.2. The Bertz CT molecular complexity index is 909. The van der Waals surface area contributed by atoms with Gasteiger partial charge in [-0.3, -0.25) is 9.30 Å². The number of rotatable bonds is 7. The number of ether oxygens (including phenoxy) is 1. The number of methoxy groups -OCH3 is 1. The fraction of sp³-hybridized carbons (Fsp3) is 0.368. The van der Waals surface area contributed by atoms with Crippen LogP contribution in [0.2, 0.25) is 0 Å². The first-order valence-corrected chi connectivity index (χ1v) is 8.66.